The van der Waals surface area contributed by atoms with E-state index in [1.807, 2.05) is 12.3 Å². The number of hydrogen-bond donors (Lipinski definition) is 0. The predicted octanol–water partition coefficient (Wildman–Crippen LogP) is 2.21. The molecule has 1 aromatic heterocycles. The summed E-state index contributed by atoms with van der Waals surface area (Å²) in [6.45, 7) is 2.21. The van der Waals surface area contributed by atoms with Crippen molar-refractivity contribution in [3.63, 3.8) is 0 Å². The van der Waals surface area contributed by atoms with Crippen LogP contribution in [-0.2, 0) is 6.42 Å². The van der Waals surface area contributed by atoms with E-state index >= 15 is 0 Å². The van der Waals surface area contributed by atoms with Crippen molar-refractivity contribution < 1.29 is 0 Å². The van der Waals surface area contributed by atoms with E-state index in [1.54, 1.807) is 6.20 Å². The third-order valence-corrected chi connectivity index (χ3v) is 1.71. The Morgan fingerprint density at radius 3 is 2.82 bits per heavy atom. The monoisotopic (exact) mass is 150 g/mol. The fourth-order valence-electron chi connectivity index (χ4n) is 1.05. The molecule has 0 fully saturated rings. The second kappa shape index (κ2) is 4.83. The Balaban J connectivity index is 2.28. The number of aromatic nitrogens is 2. The molecule has 0 saturated heterocycles. The van der Waals surface area contributed by atoms with E-state index in [2.05, 4.69) is 17.1 Å². The number of nitrogens with zero attached hydrogens (tertiary/aromatic N) is 2. The third-order valence-electron chi connectivity index (χ3n) is 1.71. The molecule has 0 aliphatic carbocycles. The van der Waals surface area contributed by atoms with Gasteiger partial charge < -0.3 is 0 Å². The molecule has 0 aliphatic heterocycles. The molecule has 0 unspecified atom stereocenters. The van der Waals surface area contributed by atoms with Crippen molar-refractivity contribution in [3.8, 4) is 0 Å². The number of rotatable bonds is 4. The van der Waals surface area contributed by atoms with Gasteiger partial charge in [-0.2, -0.15) is 10.2 Å². The number of hydrogen-bond acceptors (Lipinski definition) is 2. The molecule has 0 radical (unpaired) electrons. The van der Waals surface area contributed by atoms with Gasteiger partial charge in [0.15, 0.2) is 0 Å². The summed E-state index contributed by atoms with van der Waals surface area (Å²) in [5.41, 5.74) is 1.30. The zero-order chi connectivity index (χ0) is 7.94. The maximum atomic E-state index is 3.81. The van der Waals surface area contributed by atoms with E-state index in [0.29, 0.717) is 0 Å². The maximum Gasteiger partial charge on any atom is 0.0528 e. The fraction of sp³-hybridized carbons (Fsp3) is 0.556. The van der Waals surface area contributed by atoms with Crippen LogP contribution in [0.3, 0.4) is 0 Å². The van der Waals surface area contributed by atoms with Gasteiger partial charge in [0.1, 0.15) is 0 Å². The standard InChI is InChI=1S/C9H14N2/c1-2-3-4-5-9-6-7-10-11-8-9/h6-8H,2-5H2,1H3. The summed E-state index contributed by atoms with van der Waals surface area (Å²) in [5.74, 6) is 0. The Bertz CT molecular complexity index is 184. The van der Waals surface area contributed by atoms with Gasteiger partial charge >= 0.3 is 0 Å². The lowest BCUT2D eigenvalue weighted by atomic mass is 10.1. The molecule has 60 valence electrons. The predicted molar refractivity (Wildman–Crippen MR) is 45.3 cm³/mol. The van der Waals surface area contributed by atoms with Gasteiger partial charge in [-0.25, -0.2) is 0 Å². The minimum absolute atomic E-state index is 1.14. The Kier molecular flexibility index (Phi) is 3.59. The van der Waals surface area contributed by atoms with Gasteiger partial charge in [0.05, 0.1) is 6.20 Å². The molecule has 1 aromatic rings. The first-order chi connectivity index (χ1) is 5.43. The average molecular weight is 150 g/mol. The molecule has 0 aliphatic rings. The minimum atomic E-state index is 1.14. The van der Waals surface area contributed by atoms with E-state index in [-0.39, 0.29) is 0 Å². The van der Waals surface area contributed by atoms with Crippen LogP contribution in [0.4, 0.5) is 0 Å². The van der Waals surface area contributed by atoms with Crippen LogP contribution >= 0.6 is 0 Å². The summed E-state index contributed by atoms with van der Waals surface area (Å²) < 4.78 is 0. The van der Waals surface area contributed by atoms with Crippen LogP contribution < -0.4 is 0 Å². The molecule has 0 atom stereocenters. The van der Waals surface area contributed by atoms with Gasteiger partial charge in [-0.05, 0) is 24.5 Å². The van der Waals surface area contributed by atoms with Crippen molar-refractivity contribution >= 4 is 0 Å². The molecule has 0 spiro atoms. The zero-order valence-corrected chi connectivity index (χ0v) is 6.95. The minimum Gasteiger partial charge on any atom is -0.159 e. The van der Waals surface area contributed by atoms with Gasteiger partial charge in [-0.3, -0.25) is 0 Å². The van der Waals surface area contributed by atoms with Crippen LogP contribution in [0.5, 0.6) is 0 Å². The van der Waals surface area contributed by atoms with Gasteiger partial charge in [0, 0.05) is 6.20 Å². The van der Waals surface area contributed by atoms with E-state index in [1.165, 1.54) is 24.8 Å². The lowest BCUT2D eigenvalue weighted by Crippen LogP contribution is -1.87. The molecular weight excluding hydrogens is 136 g/mol. The SMILES string of the molecule is CCCCCc1ccnnc1. The zero-order valence-electron chi connectivity index (χ0n) is 6.95. The first-order valence-electron chi connectivity index (χ1n) is 4.19. The topological polar surface area (TPSA) is 25.8 Å². The summed E-state index contributed by atoms with van der Waals surface area (Å²) in [6, 6.07) is 2.03. The molecule has 11 heavy (non-hydrogen) atoms. The normalized spacial score (nSPS) is 9.91. The summed E-state index contributed by atoms with van der Waals surface area (Å²) in [5, 5.41) is 7.54. The van der Waals surface area contributed by atoms with E-state index in [0.717, 1.165) is 6.42 Å². The average Bonchev–Trinajstić information content (AvgIpc) is 2.07. The summed E-state index contributed by atoms with van der Waals surface area (Å²) >= 11 is 0. The summed E-state index contributed by atoms with van der Waals surface area (Å²) in [6.07, 6.45) is 8.59. The molecule has 1 heterocycles. The number of aryl methyl sites for hydroxylation is 1. The van der Waals surface area contributed by atoms with Gasteiger partial charge in [0.25, 0.3) is 0 Å². The van der Waals surface area contributed by atoms with Crippen molar-refractivity contribution in [3.05, 3.63) is 24.0 Å². The smallest absolute Gasteiger partial charge is 0.0528 e. The summed E-state index contributed by atoms with van der Waals surface area (Å²) in [4.78, 5) is 0. The first kappa shape index (κ1) is 8.18. The highest BCUT2D eigenvalue weighted by atomic mass is 15.1. The highest BCUT2D eigenvalue weighted by Gasteiger charge is 1.90. The molecule has 2 heteroatoms. The quantitative estimate of drug-likeness (QED) is 0.615. The van der Waals surface area contributed by atoms with Gasteiger partial charge in [-0.15, -0.1) is 0 Å². The molecule has 0 amide bonds. The fourth-order valence-corrected chi connectivity index (χ4v) is 1.05. The molecule has 0 aromatic carbocycles. The maximum absolute atomic E-state index is 3.81. The van der Waals surface area contributed by atoms with Crippen molar-refractivity contribution in [2.45, 2.75) is 32.6 Å². The molecule has 0 N–H and O–H groups in total. The Hall–Kier alpha value is -0.920. The highest BCUT2D eigenvalue weighted by Crippen LogP contribution is 2.03. The molecule has 0 bridgehead atoms. The Morgan fingerprint density at radius 2 is 2.18 bits per heavy atom. The van der Waals surface area contributed by atoms with E-state index < -0.39 is 0 Å². The van der Waals surface area contributed by atoms with Crippen LogP contribution in [0.15, 0.2) is 18.5 Å². The van der Waals surface area contributed by atoms with Crippen LogP contribution in [-0.4, -0.2) is 10.2 Å². The van der Waals surface area contributed by atoms with Crippen molar-refractivity contribution in [2.24, 2.45) is 0 Å². The second-order valence-corrected chi connectivity index (χ2v) is 2.71. The van der Waals surface area contributed by atoms with Crippen LogP contribution in [0, 0.1) is 0 Å². The van der Waals surface area contributed by atoms with Gasteiger partial charge in [-0.1, -0.05) is 19.8 Å². The van der Waals surface area contributed by atoms with Crippen LogP contribution in [0.25, 0.3) is 0 Å². The number of unbranched alkanes of at least 4 members (excludes halogenated alkanes) is 2. The largest absolute Gasteiger partial charge is 0.159 e. The lowest BCUT2D eigenvalue weighted by molar-refractivity contribution is 0.714. The molecular formula is C9H14N2. The van der Waals surface area contributed by atoms with Crippen molar-refractivity contribution in [1.29, 1.82) is 0 Å². The second-order valence-electron chi connectivity index (χ2n) is 2.71. The van der Waals surface area contributed by atoms with E-state index in [9.17, 15) is 0 Å². The van der Waals surface area contributed by atoms with E-state index in [4.69, 9.17) is 0 Å². The lowest BCUT2D eigenvalue weighted by Gasteiger charge is -1.96. The Morgan fingerprint density at radius 1 is 1.27 bits per heavy atom. The van der Waals surface area contributed by atoms with Gasteiger partial charge in [0.2, 0.25) is 0 Å². The molecule has 1 rings (SSSR count). The van der Waals surface area contributed by atoms with Crippen LogP contribution in [0.1, 0.15) is 31.7 Å². The van der Waals surface area contributed by atoms with Crippen molar-refractivity contribution in [1.82, 2.24) is 10.2 Å². The highest BCUT2D eigenvalue weighted by molar-refractivity contribution is 5.04. The Labute approximate surface area is 67.7 Å². The first-order valence-corrected chi connectivity index (χ1v) is 4.19. The molecule has 0 saturated carbocycles. The summed E-state index contributed by atoms with van der Waals surface area (Å²) in [7, 11) is 0. The van der Waals surface area contributed by atoms with Crippen LogP contribution in [0.2, 0.25) is 0 Å². The third kappa shape index (κ3) is 3.12. The van der Waals surface area contributed by atoms with Crippen molar-refractivity contribution in [2.75, 3.05) is 0 Å². The molecule has 2 nitrogen and oxygen atoms in total.